The average molecular weight is 463 g/mol. The van der Waals surface area contributed by atoms with E-state index in [1.807, 2.05) is 18.2 Å². The first-order chi connectivity index (χ1) is 15.7. The molecule has 1 aromatic carbocycles. The van der Waals surface area contributed by atoms with Crippen molar-refractivity contribution in [2.24, 2.45) is 0 Å². The van der Waals surface area contributed by atoms with Gasteiger partial charge in [0.2, 0.25) is 5.91 Å². The highest BCUT2D eigenvalue weighted by Gasteiger charge is 2.30. The molecule has 1 heterocycles. The van der Waals surface area contributed by atoms with Crippen LogP contribution in [0, 0.1) is 0 Å². The number of rotatable bonds is 18. The Kier molecular flexibility index (Phi) is 14.6. The van der Waals surface area contributed by atoms with Crippen LogP contribution in [0.3, 0.4) is 0 Å². The van der Waals surface area contributed by atoms with E-state index in [1.165, 1.54) is 83.5 Å². The molecule has 0 saturated carbocycles. The lowest BCUT2D eigenvalue weighted by atomic mass is 10.0. The van der Waals surface area contributed by atoms with Gasteiger partial charge in [0.15, 0.2) is 0 Å². The number of thioether (sulfide) groups is 1. The minimum absolute atomic E-state index is 0.108. The Morgan fingerprint density at radius 1 is 0.969 bits per heavy atom. The molecule has 1 amide bonds. The summed E-state index contributed by atoms with van der Waals surface area (Å²) in [5.74, 6) is 1.81. The van der Waals surface area contributed by atoms with Crippen LogP contribution < -0.4 is 15.4 Å². The van der Waals surface area contributed by atoms with Crippen LogP contribution in [0.2, 0.25) is 0 Å². The first-order valence-electron chi connectivity index (χ1n) is 13.0. The first kappa shape index (κ1) is 27.0. The molecule has 5 heteroatoms. The molecule has 0 aromatic heterocycles. The Morgan fingerprint density at radius 3 is 2.16 bits per heavy atom. The molecule has 1 fully saturated rings. The lowest BCUT2D eigenvalue weighted by Crippen LogP contribution is -2.42. The van der Waals surface area contributed by atoms with Gasteiger partial charge in [-0.3, -0.25) is 10.1 Å². The van der Waals surface area contributed by atoms with Gasteiger partial charge in [-0.25, -0.2) is 0 Å². The highest BCUT2D eigenvalue weighted by Crippen LogP contribution is 2.34. The quantitative estimate of drug-likeness (QED) is 0.231. The molecule has 2 rings (SSSR count). The Morgan fingerprint density at radius 2 is 1.56 bits per heavy atom. The predicted octanol–water partition coefficient (Wildman–Crippen LogP) is 7.00. The van der Waals surface area contributed by atoms with Crippen LogP contribution in [-0.4, -0.2) is 31.4 Å². The molecule has 1 unspecified atom stereocenters. The van der Waals surface area contributed by atoms with E-state index in [0.29, 0.717) is 0 Å². The summed E-state index contributed by atoms with van der Waals surface area (Å²) in [6.45, 7) is 3.08. The zero-order valence-electron chi connectivity index (χ0n) is 20.5. The molecule has 1 aliphatic rings. The predicted molar refractivity (Wildman–Crippen MR) is 138 cm³/mol. The molecule has 32 heavy (non-hydrogen) atoms. The maximum absolute atomic E-state index is 12.5. The van der Waals surface area contributed by atoms with Crippen molar-refractivity contribution in [3.05, 3.63) is 29.8 Å². The van der Waals surface area contributed by atoms with Gasteiger partial charge in [-0.2, -0.15) is 0 Å². The molecule has 1 aliphatic heterocycles. The third kappa shape index (κ3) is 11.1. The van der Waals surface area contributed by atoms with Crippen LogP contribution in [-0.2, 0) is 4.79 Å². The van der Waals surface area contributed by atoms with Crippen LogP contribution >= 0.6 is 11.8 Å². The largest absolute Gasteiger partial charge is 0.497 e. The van der Waals surface area contributed by atoms with Crippen molar-refractivity contribution < 1.29 is 9.53 Å². The van der Waals surface area contributed by atoms with Gasteiger partial charge in [0, 0.05) is 12.3 Å². The van der Waals surface area contributed by atoms with Crippen molar-refractivity contribution in [2.45, 2.75) is 108 Å². The zero-order chi connectivity index (χ0) is 22.9. The van der Waals surface area contributed by atoms with E-state index in [-0.39, 0.29) is 17.3 Å². The fraction of sp³-hybridized carbons (Fsp3) is 0.741. The van der Waals surface area contributed by atoms with Crippen molar-refractivity contribution in [1.29, 1.82) is 0 Å². The molecule has 4 nitrogen and oxygen atoms in total. The Bertz CT molecular complexity index is 625. The number of hydrogen-bond donors (Lipinski definition) is 2. The summed E-state index contributed by atoms with van der Waals surface area (Å²) < 4.78 is 5.31. The number of hydrogen-bond acceptors (Lipinski definition) is 4. The smallest absolute Gasteiger partial charge is 0.238 e. The molecular formula is C27H46N2O2S. The van der Waals surface area contributed by atoms with Crippen LogP contribution in [0.5, 0.6) is 5.75 Å². The van der Waals surface area contributed by atoms with E-state index >= 15 is 0 Å². The van der Waals surface area contributed by atoms with Crippen LogP contribution in [0.25, 0.3) is 0 Å². The first-order valence-corrected chi connectivity index (χ1v) is 14.1. The van der Waals surface area contributed by atoms with Crippen molar-refractivity contribution in [3.8, 4) is 5.75 Å². The average Bonchev–Trinajstić information content (AvgIpc) is 3.32. The number of carbonyl (C=O) groups is 1. The summed E-state index contributed by atoms with van der Waals surface area (Å²) in [7, 11) is 1.68. The number of unbranched alkanes of at least 4 members (excludes halogenated alkanes) is 13. The molecule has 1 saturated heterocycles. The summed E-state index contributed by atoms with van der Waals surface area (Å²) in [4.78, 5) is 12.5. The van der Waals surface area contributed by atoms with E-state index in [9.17, 15) is 4.79 Å². The van der Waals surface area contributed by atoms with E-state index in [0.717, 1.165) is 30.0 Å². The monoisotopic (exact) mass is 462 g/mol. The Balaban J connectivity index is 1.41. The fourth-order valence-corrected chi connectivity index (χ4v) is 5.51. The molecule has 2 N–H and O–H groups in total. The van der Waals surface area contributed by atoms with Gasteiger partial charge in [0.05, 0.1) is 18.5 Å². The maximum atomic E-state index is 12.5. The van der Waals surface area contributed by atoms with Crippen molar-refractivity contribution in [2.75, 3.05) is 19.4 Å². The molecule has 0 radical (unpaired) electrons. The fourth-order valence-electron chi connectivity index (χ4n) is 4.27. The zero-order valence-corrected chi connectivity index (χ0v) is 21.3. The second-order valence-corrected chi connectivity index (χ2v) is 10.2. The maximum Gasteiger partial charge on any atom is 0.238 e. The molecular weight excluding hydrogens is 416 g/mol. The van der Waals surface area contributed by atoms with Gasteiger partial charge in [-0.05, 0) is 24.1 Å². The standard InChI is InChI=1S/C27H46N2O2S/c1-3-4-5-6-7-8-9-10-11-12-13-14-15-16-20-28-26(30)25-22-32-27(29-25)23-18-17-19-24(21-23)31-2/h17-19,21,25,27,29H,3-16,20,22H2,1-2H3,(H,28,30)/t25-,27?/m0/s1. The van der Waals surface area contributed by atoms with E-state index in [4.69, 9.17) is 4.74 Å². The highest BCUT2D eigenvalue weighted by molar-refractivity contribution is 7.99. The molecule has 2 atom stereocenters. The van der Waals surface area contributed by atoms with Crippen molar-refractivity contribution in [3.63, 3.8) is 0 Å². The topological polar surface area (TPSA) is 50.4 Å². The van der Waals surface area contributed by atoms with Crippen molar-refractivity contribution in [1.82, 2.24) is 10.6 Å². The summed E-state index contributed by atoms with van der Waals surface area (Å²) >= 11 is 1.79. The van der Waals surface area contributed by atoms with E-state index in [1.54, 1.807) is 18.9 Å². The minimum Gasteiger partial charge on any atom is -0.497 e. The van der Waals surface area contributed by atoms with Crippen molar-refractivity contribution >= 4 is 17.7 Å². The number of methoxy groups -OCH3 is 1. The third-order valence-corrected chi connectivity index (χ3v) is 7.59. The van der Waals surface area contributed by atoms with Crippen LogP contribution in [0.1, 0.15) is 108 Å². The number of amides is 1. The van der Waals surface area contributed by atoms with Gasteiger partial charge in [0.1, 0.15) is 5.75 Å². The van der Waals surface area contributed by atoms with Crippen LogP contribution in [0.15, 0.2) is 24.3 Å². The van der Waals surface area contributed by atoms with Gasteiger partial charge in [0.25, 0.3) is 0 Å². The van der Waals surface area contributed by atoms with Gasteiger partial charge >= 0.3 is 0 Å². The second kappa shape index (κ2) is 17.3. The minimum atomic E-state index is -0.108. The lowest BCUT2D eigenvalue weighted by molar-refractivity contribution is -0.122. The van der Waals surface area contributed by atoms with E-state index in [2.05, 4.69) is 23.6 Å². The normalized spacial score (nSPS) is 18.1. The molecule has 0 bridgehead atoms. The van der Waals surface area contributed by atoms with Gasteiger partial charge in [-0.15, -0.1) is 11.8 Å². The third-order valence-electron chi connectivity index (χ3n) is 6.32. The molecule has 182 valence electrons. The van der Waals surface area contributed by atoms with Gasteiger partial charge < -0.3 is 10.1 Å². The van der Waals surface area contributed by atoms with Gasteiger partial charge in [-0.1, -0.05) is 103 Å². The highest BCUT2D eigenvalue weighted by atomic mass is 32.2. The summed E-state index contributed by atoms with van der Waals surface area (Å²) in [5.41, 5.74) is 1.16. The lowest BCUT2D eigenvalue weighted by Gasteiger charge is -2.14. The summed E-state index contributed by atoms with van der Waals surface area (Å²) in [6.07, 6.45) is 19.0. The summed E-state index contributed by atoms with van der Waals surface area (Å²) in [6, 6.07) is 7.97. The van der Waals surface area contributed by atoms with E-state index < -0.39 is 0 Å². The SMILES string of the molecule is CCCCCCCCCCCCCCCCNC(=O)[C@@H]1CSC(c2cccc(OC)c2)N1. The second-order valence-electron chi connectivity index (χ2n) is 9.10. The number of carbonyl (C=O) groups excluding carboxylic acids is 1. The number of benzene rings is 1. The molecule has 1 aromatic rings. The Labute approximate surface area is 201 Å². The summed E-state index contributed by atoms with van der Waals surface area (Å²) in [5, 5.41) is 6.73. The number of ether oxygens (including phenoxy) is 1. The Hall–Kier alpha value is -1.20. The van der Waals surface area contributed by atoms with Crippen LogP contribution in [0.4, 0.5) is 0 Å². The molecule has 0 spiro atoms. The number of nitrogens with one attached hydrogen (secondary N) is 2. The molecule has 0 aliphatic carbocycles.